The summed E-state index contributed by atoms with van der Waals surface area (Å²) in [6.45, 7) is 1.80. The molecule has 2 aliphatic rings. The molecule has 6 nitrogen and oxygen atoms in total. The van der Waals surface area contributed by atoms with E-state index in [9.17, 15) is 4.79 Å². The number of pyridine rings is 1. The number of aromatic nitrogens is 1. The first-order valence-electron chi connectivity index (χ1n) is 10.2. The van der Waals surface area contributed by atoms with Crippen molar-refractivity contribution >= 4 is 22.0 Å². The topological polar surface area (TPSA) is 63.7 Å². The highest BCUT2D eigenvalue weighted by molar-refractivity contribution is 9.10. The molecule has 1 aliphatic heterocycles. The molecule has 0 unspecified atom stereocenters. The lowest BCUT2D eigenvalue weighted by atomic mass is 9.87. The molecule has 1 saturated heterocycles. The van der Waals surface area contributed by atoms with Crippen LogP contribution in [0.4, 0.5) is 4.79 Å². The molecule has 29 heavy (non-hydrogen) atoms. The number of nitrogens with zero attached hydrogens (tertiary/aromatic N) is 2. The van der Waals surface area contributed by atoms with E-state index in [2.05, 4.69) is 26.2 Å². The van der Waals surface area contributed by atoms with E-state index in [1.165, 1.54) is 0 Å². The molecule has 1 aliphatic carbocycles. The van der Waals surface area contributed by atoms with Gasteiger partial charge in [0.05, 0.1) is 0 Å². The Labute approximate surface area is 179 Å². The molecule has 0 atom stereocenters. The van der Waals surface area contributed by atoms with Gasteiger partial charge in [-0.15, -0.1) is 0 Å². The standard InChI is InChI=1S/C22H26BrN3O3/c23-17-6-9-24-21(12-17)29-20-13-19(14-20)25-18-7-10-26(11-8-18)22(27)28-15-16-4-2-1-3-5-16/h1-6,9,12,18-20,25H,7-8,10-11,13-15H2. The van der Waals surface area contributed by atoms with E-state index in [0.717, 1.165) is 48.8 Å². The number of hydrogen-bond donors (Lipinski definition) is 1. The van der Waals surface area contributed by atoms with E-state index in [4.69, 9.17) is 9.47 Å². The van der Waals surface area contributed by atoms with Crippen molar-refractivity contribution in [1.29, 1.82) is 0 Å². The first-order chi connectivity index (χ1) is 14.2. The number of benzene rings is 1. The quantitative estimate of drug-likeness (QED) is 0.702. The molecule has 1 aromatic heterocycles. The Kier molecular flexibility index (Phi) is 6.67. The van der Waals surface area contributed by atoms with E-state index < -0.39 is 0 Å². The van der Waals surface area contributed by atoms with E-state index in [1.54, 1.807) is 6.20 Å². The molecule has 2 heterocycles. The number of nitrogens with one attached hydrogen (secondary N) is 1. The second-order valence-electron chi connectivity index (χ2n) is 7.69. The van der Waals surface area contributed by atoms with E-state index in [1.807, 2.05) is 47.4 Å². The predicted molar refractivity (Wildman–Crippen MR) is 114 cm³/mol. The first-order valence-corrected chi connectivity index (χ1v) is 10.9. The minimum Gasteiger partial charge on any atom is -0.474 e. The molecule has 4 rings (SSSR count). The average molecular weight is 460 g/mol. The monoisotopic (exact) mass is 459 g/mol. The van der Waals surface area contributed by atoms with Crippen molar-refractivity contribution in [2.24, 2.45) is 0 Å². The van der Waals surface area contributed by atoms with Crippen molar-refractivity contribution < 1.29 is 14.3 Å². The van der Waals surface area contributed by atoms with Crippen LogP contribution in [0.2, 0.25) is 0 Å². The van der Waals surface area contributed by atoms with Crippen molar-refractivity contribution in [1.82, 2.24) is 15.2 Å². The predicted octanol–water partition coefficient (Wildman–Crippen LogP) is 4.14. The van der Waals surface area contributed by atoms with Gasteiger partial charge in [-0.2, -0.15) is 0 Å². The number of carbonyl (C=O) groups is 1. The summed E-state index contributed by atoms with van der Waals surface area (Å²) in [4.78, 5) is 18.3. The number of piperidine rings is 1. The third-order valence-corrected chi connectivity index (χ3v) is 6.00. The van der Waals surface area contributed by atoms with Gasteiger partial charge in [0.1, 0.15) is 12.7 Å². The molecule has 2 fully saturated rings. The van der Waals surface area contributed by atoms with Gasteiger partial charge < -0.3 is 19.7 Å². The number of amides is 1. The number of ether oxygens (including phenoxy) is 2. The molecule has 0 radical (unpaired) electrons. The summed E-state index contributed by atoms with van der Waals surface area (Å²) in [7, 11) is 0. The van der Waals surface area contributed by atoms with Gasteiger partial charge in [-0.3, -0.25) is 0 Å². The van der Waals surface area contributed by atoms with Crippen LogP contribution in [0.1, 0.15) is 31.2 Å². The average Bonchev–Trinajstić information content (AvgIpc) is 2.72. The van der Waals surface area contributed by atoms with Crippen LogP contribution >= 0.6 is 15.9 Å². The Morgan fingerprint density at radius 2 is 1.90 bits per heavy atom. The van der Waals surface area contributed by atoms with Gasteiger partial charge in [-0.25, -0.2) is 9.78 Å². The molecular formula is C22H26BrN3O3. The van der Waals surface area contributed by atoms with Gasteiger partial charge in [0.2, 0.25) is 5.88 Å². The lowest BCUT2D eigenvalue weighted by Crippen LogP contribution is -2.53. The molecule has 0 spiro atoms. The molecule has 154 valence electrons. The first kappa shape index (κ1) is 20.2. The van der Waals surface area contributed by atoms with Crippen molar-refractivity contribution in [2.45, 2.75) is 50.5 Å². The summed E-state index contributed by atoms with van der Waals surface area (Å²) in [6, 6.07) is 14.5. The fraction of sp³-hybridized carbons (Fsp3) is 0.455. The highest BCUT2D eigenvalue weighted by atomic mass is 79.9. The Hall–Kier alpha value is -2.12. The SMILES string of the molecule is O=C(OCc1ccccc1)N1CCC(NC2CC(Oc3cc(Br)ccn3)C2)CC1. The molecule has 1 aromatic carbocycles. The van der Waals surface area contributed by atoms with E-state index in [0.29, 0.717) is 24.6 Å². The summed E-state index contributed by atoms with van der Waals surface area (Å²) in [6.07, 6.45) is 5.65. The van der Waals surface area contributed by atoms with Gasteiger partial charge in [0, 0.05) is 41.9 Å². The normalized spacial score (nSPS) is 22.0. The van der Waals surface area contributed by atoms with E-state index >= 15 is 0 Å². The number of carbonyl (C=O) groups excluding carboxylic acids is 1. The highest BCUT2D eigenvalue weighted by Crippen LogP contribution is 2.27. The summed E-state index contributed by atoms with van der Waals surface area (Å²) >= 11 is 3.44. The Balaban J connectivity index is 1.12. The zero-order chi connectivity index (χ0) is 20.1. The Bertz CT molecular complexity index is 806. The molecule has 7 heteroatoms. The number of hydrogen-bond acceptors (Lipinski definition) is 5. The van der Waals surface area contributed by atoms with Crippen LogP contribution in [0.3, 0.4) is 0 Å². The van der Waals surface area contributed by atoms with Crippen LogP contribution in [-0.2, 0) is 11.3 Å². The molecule has 1 amide bonds. The molecular weight excluding hydrogens is 434 g/mol. The second kappa shape index (κ2) is 9.59. The maximum absolute atomic E-state index is 12.3. The lowest BCUT2D eigenvalue weighted by molar-refractivity contribution is 0.0625. The minimum atomic E-state index is -0.217. The van der Waals surface area contributed by atoms with Crippen molar-refractivity contribution in [2.75, 3.05) is 13.1 Å². The van der Waals surface area contributed by atoms with Crippen LogP contribution in [0.5, 0.6) is 5.88 Å². The van der Waals surface area contributed by atoms with Crippen molar-refractivity contribution in [3.05, 3.63) is 58.7 Å². The van der Waals surface area contributed by atoms with Crippen LogP contribution in [-0.4, -0.2) is 47.3 Å². The highest BCUT2D eigenvalue weighted by Gasteiger charge is 2.34. The Morgan fingerprint density at radius 3 is 2.62 bits per heavy atom. The van der Waals surface area contributed by atoms with Crippen molar-refractivity contribution in [3.63, 3.8) is 0 Å². The third kappa shape index (κ3) is 5.70. The van der Waals surface area contributed by atoms with E-state index in [-0.39, 0.29) is 12.2 Å². The van der Waals surface area contributed by atoms with Gasteiger partial charge >= 0.3 is 6.09 Å². The molecule has 2 aromatic rings. The number of likely N-dealkylation sites (tertiary alicyclic amines) is 1. The smallest absolute Gasteiger partial charge is 0.410 e. The summed E-state index contributed by atoms with van der Waals surface area (Å²) in [5.41, 5.74) is 1.01. The van der Waals surface area contributed by atoms with Gasteiger partial charge in [0.25, 0.3) is 0 Å². The van der Waals surface area contributed by atoms with Gasteiger partial charge in [-0.1, -0.05) is 46.3 Å². The molecule has 1 saturated carbocycles. The largest absolute Gasteiger partial charge is 0.474 e. The minimum absolute atomic E-state index is 0.217. The van der Waals surface area contributed by atoms with Crippen LogP contribution < -0.4 is 10.1 Å². The maximum atomic E-state index is 12.3. The van der Waals surface area contributed by atoms with Crippen LogP contribution in [0.15, 0.2) is 53.1 Å². The molecule has 1 N–H and O–H groups in total. The lowest BCUT2D eigenvalue weighted by Gasteiger charge is -2.40. The Morgan fingerprint density at radius 1 is 1.14 bits per heavy atom. The second-order valence-corrected chi connectivity index (χ2v) is 8.60. The van der Waals surface area contributed by atoms with Crippen LogP contribution in [0, 0.1) is 0 Å². The summed E-state index contributed by atoms with van der Waals surface area (Å²) < 4.78 is 12.3. The van der Waals surface area contributed by atoms with Crippen molar-refractivity contribution in [3.8, 4) is 5.88 Å². The zero-order valence-electron chi connectivity index (χ0n) is 16.3. The summed E-state index contributed by atoms with van der Waals surface area (Å²) in [5.74, 6) is 0.671. The fourth-order valence-corrected chi connectivity index (χ4v) is 4.11. The molecule has 0 bridgehead atoms. The maximum Gasteiger partial charge on any atom is 0.410 e. The number of halogens is 1. The fourth-order valence-electron chi connectivity index (χ4n) is 3.79. The van der Waals surface area contributed by atoms with Gasteiger partial charge in [0.15, 0.2) is 0 Å². The summed E-state index contributed by atoms with van der Waals surface area (Å²) in [5, 5.41) is 3.71. The van der Waals surface area contributed by atoms with Crippen LogP contribution in [0.25, 0.3) is 0 Å². The zero-order valence-corrected chi connectivity index (χ0v) is 17.9. The third-order valence-electron chi connectivity index (χ3n) is 5.51. The number of rotatable bonds is 6. The van der Waals surface area contributed by atoms with Gasteiger partial charge in [-0.05, 0) is 37.3 Å².